The van der Waals surface area contributed by atoms with Crippen LogP contribution in [-0.2, 0) is 4.79 Å². The predicted molar refractivity (Wildman–Crippen MR) is 96.1 cm³/mol. The van der Waals surface area contributed by atoms with Gasteiger partial charge in [0, 0.05) is 30.2 Å². The van der Waals surface area contributed by atoms with Crippen molar-refractivity contribution in [2.24, 2.45) is 11.8 Å². The van der Waals surface area contributed by atoms with Crippen LogP contribution in [0.15, 0.2) is 60.7 Å². The van der Waals surface area contributed by atoms with Crippen molar-refractivity contribution >= 4 is 11.6 Å². The van der Waals surface area contributed by atoms with Crippen molar-refractivity contribution in [1.29, 1.82) is 0 Å². The lowest BCUT2D eigenvalue weighted by Gasteiger charge is -2.31. The van der Waals surface area contributed by atoms with E-state index in [1.165, 1.54) is 0 Å². The lowest BCUT2D eigenvalue weighted by Crippen LogP contribution is -2.30. The summed E-state index contributed by atoms with van der Waals surface area (Å²) in [4.78, 5) is 25.4. The van der Waals surface area contributed by atoms with E-state index in [-0.39, 0.29) is 17.6 Å². The average Bonchev–Trinajstić information content (AvgIpc) is 2.61. The molecule has 24 heavy (non-hydrogen) atoms. The normalized spacial score (nSPS) is 22.1. The zero-order chi connectivity index (χ0) is 16.9. The summed E-state index contributed by atoms with van der Waals surface area (Å²) in [6.07, 6.45) is 3.01. The Labute approximate surface area is 143 Å². The molecule has 0 saturated heterocycles. The minimum Gasteiger partial charge on any atom is -0.299 e. The van der Waals surface area contributed by atoms with Gasteiger partial charge in [-0.15, -0.1) is 0 Å². The van der Waals surface area contributed by atoms with E-state index in [0.29, 0.717) is 24.5 Å². The van der Waals surface area contributed by atoms with Gasteiger partial charge in [-0.05, 0) is 24.3 Å². The van der Waals surface area contributed by atoms with Crippen LogP contribution in [0.5, 0.6) is 0 Å². The number of rotatable bonds is 5. The Morgan fingerprint density at radius 2 is 1.62 bits per heavy atom. The van der Waals surface area contributed by atoms with Crippen molar-refractivity contribution in [1.82, 2.24) is 0 Å². The van der Waals surface area contributed by atoms with E-state index >= 15 is 0 Å². The van der Waals surface area contributed by atoms with Gasteiger partial charge in [-0.25, -0.2) is 0 Å². The third-order valence-corrected chi connectivity index (χ3v) is 5.15. The first-order chi connectivity index (χ1) is 11.6. The van der Waals surface area contributed by atoms with Crippen LogP contribution in [0.1, 0.15) is 54.4 Å². The van der Waals surface area contributed by atoms with Crippen LogP contribution in [0.4, 0.5) is 0 Å². The highest BCUT2D eigenvalue weighted by atomic mass is 16.1. The molecule has 0 aromatic heterocycles. The van der Waals surface area contributed by atoms with Crippen molar-refractivity contribution in [2.75, 3.05) is 0 Å². The quantitative estimate of drug-likeness (QED) is 0.723. The monoisotopic (exact) mass is 320 g/mol. The summed E-state index contributed by atoms with van der Waals surface area (Å²) in [5.41, 5.74) is 1.84. The fourth-order valence-corrected chi connectivity index (χ4v) is 3.78. The first kappa shape index (κ1) is 16.6. The second-order valence-corrected chi connectivity index (χ2v) is 6.97. The molecule has 0 amide bonds. The molecule has 1 aliphatic rings. The molecule has 1 saturated carbocycles. The van der Waals surface area contributed by atoms with E-state index in [2.05, 4.69) is 6.92 Å². The highest BCUT2D eigenvalue weighted by Gasteiger charge is 2.34. The lowest BCUT2D eigenvalue weighted by molar-refractivity contribution is -0.126. The second-order valence-electron chi connectivity index (χ2n) is 6.97. The van der Waals surface area contributed by atoms with Crippen LogP contribution in [-0.4, -0.2) is 11.6 Å². The van der Waals surface area contributed by atoms with Crippen LogP contribution >= 0.6 is 0 Å². The summed E-state index contributed by atoms with van der Waals surface area (Å²) < 4.78 is 0. The third-order valence-electron chi connectivity index (χ3n) is 5.15. The van der Waals surface area contributed by atoms with E-state index in [1.807, 2.05) is 60.7 Å². The Morgan fingerprint density at radius 3 is 2.25 bits per heavy atom. The van der Waals surface area contributed by atoms with Gasteiger partial charge in [0.25, 0.3) is 0 Å². The molecule has 2 aromatic rings. The fourth-order valence-electron chi connectivity index (χ4n) is 3.78. The molecule has 2 aromatic carbocycles. The third kappa shape index (κ3) is 3.81. The van der Waals surface area contributed by atoms with Crippen LogP contribution in [0.25, 0.3) is 0 Å². The summed E-state index contributed by atoms with van der Waals surface area (Å²) in [5.74, 6) is 0.865. The van der Waals surface area contributed by atoms with Gasteiger partial charge in [0.05, 0.1) is 0 Å². The topological polar surface area (TPSA) is 34.1 Å². The van der Waals surface area contributed by atoms with Crippen molar-refractivity contribution in [3.8, 4) is 0 Å². The van der Waals surface area contributed by atoms with Gasteiger partial charge in [0.15, 0.2) is 5.78 Å². The SMILES string of the molecule is CC1CCC(C(CC(=O)c2ccccc2)c2ccccc2)C(=O)C1. The molecule has 124 valence electrons. The average molecular weight is 320 g/mol. The maximum Gasteiger partial charge on any atom is 0.163 e. The predicted octanol–water partition coefficient (Wildman–Crippen LogP) is 5.05. The molecular weight excluding hydrogens is 296 g/mol. The molecule has 1 aliphatic carbocycles. The first-order valence-corrected chi connectivity index (χ1v) is 8.81. The van der Waals surface area contributed by atoms with Crippen molar-refractivity contribution in [3.63, 3.8) is 0 Å². The maximum atomic E-state index is 12.7. The smallest absolute Gasteiger partial charge is 0.163 e. The molecule has 0 bridgehead atoms. The Kier molecular flexibility index (Phi) is 5.24. The molecule has 0 radical (unpaired) electrons. The summed E-state index contributed by atoms with van der Waals surface area (Å²) in [6.45, 7) is 2.14. The van der Waals surface area contributed by atoms with Gasteiger partial charge in [0.2, 0.25) is 0 Å². The van der Waals surface area contributed by atoms with E-state index < -0.39 is 0 Å². The number of hydrogen-bond acceptors (Lipinski definition) is 2. The molecular formula is C22H24O2. The molecule has 0 heterocycles. The zero-order valence-corrected chi connectivity index (χ0v) is 14.2. The van der Waals surface area contributed by atoms with Gasteiger partial charge in [0.1, 0.15) is 5.78 Å². The second kappa shape index (κ2) is 7.57. The van der Waals surface area contributed by atoms with Crippen molar-refractivity contribution < 1.29 is 9.59 Å². The Morgan fingerprint density at radius 1 is 1.00 bits per heavy atom. The molecule has 0 spiro atoms. The summed E-state index contributed by atoms with van der Waals surface area (Å²) in [6, 6.07) is 19.5. The van der Waals surface area contributed by atoms with Crippen LogP contribution in [0.2, 0.25) is 0 Å². The molecule has 3 unspecified atom stereocenters. The molecule has 2 nitrogen and oxygen atoms in total. The van der Waals surface area contributed by atoms with Gasteiger partial charge in [-0.1, -0.05) is 67.6 Å². The van der Waals surface area contributed by atoms with Crippen molar-refractivity contribution in [3.05, 3.63) is 71.8 Å². The maximum absolute atomic E-state index is 12.7. The number of benzene rings is 2. The van der Waals surface area contributed by atoms with Crippen LogP contribution in [0.3, 0.4) is 0 Å². The van der Waals surface area contributed by atoms with Gasteiger partial charge >= 0.3 is 0 Å². The summed E-state index contributed by atoms with van der Waals surface area (Å²) >= 11 is 0. The van der Waals surface area contributed by atoms with Gasteiger partial charge in [-0.3, -0.25) is 9.59 Å². The molecule has 3 atom stereocenters. The summed E-state index contributed by atoms with van der Waals surface area (Å²) in [7, 11) is 0. The van der Waals surface area contributed by atoms with Crippen LogP contribution < -0.4 is 0 Å². The summed E-state index contributed by atoms with van der Waals surface area (Å²) in [5, 5.41) is 0. The number of hydrogen-bond donors (Lipinski definition) is 0. The van der Waals surface area contributed by atoms with Gasteiger partial charge < -0.3 is 0 Å². The Hall–Kier alpha value is -2.22. The standard InChI is InChI=1S/C22H24O2/c1-16-12-13-19(22(24)14-16)20(17-8-4-2-5-9-17)15-21(23)18-10-6-3-7-11-18/h2-11,16,19-20H,12-15H2,1H3. The lowest BCUT2D eigenvalue weighted by atomic mass is 9.71. The Bertz CT molecular complexity index is 690. The first-order valence-electron chi connectivity index (χ1n) is 8.81. The molecule has 3 rings (SSSR count). The van der Waals surface area contributed by atoms with Crippen LogP contribution in [0, 0.1) is 11.8 Å². The zero-order valence-electron chi connectivity index (χ0n) is 14.2. The van der Waals surface area contributed by atoms with E-state index in [4.69, 9.17) is 0 Å². The highest BCUT2D eigenvalue weighted by molar-refractivity contribution is 5.97. The van der Waals surface area contributed by atoms with E-state index in [9.17, 15) is 9.59 Å². The molecule has 0 N–H and O–H groups in total. The minimum atomic E-state index is -0.0312. The fraction of sp³-hybridized carbons (Fsp3) is 0.364. The number of carbonyl (C=O) groups is 2. The number of carbonyl (C=O) groups excluding carboxylic acids is 2. The Balaban J connectivity index is 1.86. The molecule has 1 fully saturated rings. The largest absolute Gasteiger partial charge is 0.299 e. The number of Topliss-reactive ketones (excluding diaryl/α,β-unsaturated/α-hetero) is 2. The molecule has 2 heteroatoms. The van der Waals surface area contributed by atoms with E-state index in [0.717, 1.165) is 24.0 Å². The van der Waals surface area contributed by atoms with Crippen molar-refractivity contribution in [2.45, 2.75) is 38.5 Å². The highest BCUT2D eigenvalue weighted by Crippen LogP contribution is 2.38. The minimum absolute atomic E-state index is 0.0149. The number of ketones is 2. The van der Waals surface area contributed by atoms with Gasteiger partial charge in [-0.2, -0.15) is 0 Å². The van der Waals surface area contributed by atoms with E-state index in [1.54, 1.807) is 0 Å². The molecule has 0 aliphatic heterocycles.